The van der Waals surface area contributed by atoms with Crippen LogP contribution in [-0.2, 0) is 14.3 Å². The van der Waals surface area contributed by atoms with E-state index in [0.29, 0.717) is 10.9 Å². The molecule has 4 rings (SSSR count). The molecule has 1 atom stereocenters. The fourth-order valence-corrected chi connectivity index (χ4v) is 4.61. The number of thioether (sulfide) groups is 1. The van der Waals surface area contributed by atoms with Gasteiger partial charge in [0.25, 0.3) is 0 Å². The van der Waals surface area contributed by atoms with Crippen LogP contribution in [0.3, 0.4) is 0 Å². The van der Waals surface area contributed by atoms with Crippen LogP contribution in [0.2, 0.25) is 0 Å². The number of hydrogen-bond acceptors (Lipinski definition) is 7. The molecule has 1 N–H and O–H groups in total. The van der Waals surface area contributed by atoms with E-state index in [1.165, 1.54) is 28.0 Å². The Kier molecular flexibility index (Phi) is 5.51. The normalized spacial score (nSPS) is 19.9. The second kappa shape index (κ2) is 8.20. The molecule has 27 heavy (non-hydrogen) atoms. The first-order valence-corrected chi connectivity index (χ1v) is 10.5. The van der Waals surface area contributed by atoms with Crippen molar-refractivity contribution < 1.29 is 14.3 Å². The molecule has 2 aliphatic rings. The Balaban J connectivity index is 1.44. The van der Waals surface area contributed by atoms with E-state index in [0.717, 1.165) is 35.7 Å². The molecule has 7 nitrogen and oxygen atoms in total. The van der Waals surface area contributed by atoms with Gasteiger partial charge in [-0.05, 0) is 23.8 Å². The van der Waals surface area contributed by atoms with Crippen molar-refractivity contribution in [3.8, 4) is 0 Å². The minimum Gasteiger partial charge on any atom is -0.371 e. The third kappa shape index (κ3) is 4.20. The van der Waals surface area contributed by atoms with Crippen LogP contribution in [0.25, 0.3) is 5.70 Å². The van der Waals surface area contributed by atoms with Crippen molar-refractivity contribution in [1.29, 1.82) is 0 Å². The molecule has 0 saturated carbocycles. The van der Waals surface area contributed by atoms with Gasteiger partial charge in [-0.25, -0.2) is 0 Å². The molecule has 1 aromatic heterocycles. The van der Waals surface area contributed by atoms with Gasteiger partial charge in [0.15, 0.2) is 0 Å². The van der Waals surface area contributed by atoms with E-state index in [1.807, 2.05) is 35.7 Å². The summed E-state index contributed by atoms with van der Waals surface area (Å²) >= 11 is 2.76. The number of nitrogens with zero attached hydrogens (tertiary/aromatic N) is 3. The Morgan fingerprint density at radius 1 is 1.30 bits per heavy atom. The summed E-state index contributed by atoms with van der Waals surface area (Å²) in [7, 11) is 0. The zero-order valence-electron chi connectivity index (χ0n) is 14.5. The van der Waals surface area contributed by atoms with Crippen molar-refractivity contribution in [3.05, 3.63) is 46.3 Å². The van der Waals surface area contributed by atoms with Crippen molar-refractivity contribution in [2.75, 3.05) is 24.2 Å². The number of amides is 2. The summed E-state index contributed by atoms with van der Waals surface area (Å²) in [6.45, 7) is 0.671. The number of benzene rings is 1. The van der Waals surface area contributed by atoms with Crippen molar-refractivity contribution >= 4 is 45.7 Å². The highest BCUT2D eigenvalue weighted by Crippen LogP contribution is 2.32. The number of aromatic nitrogens is 2. The van der Waals surface area contributed by atoms with E-state index in [4.69, 9.17) is 4.74 Å². The lowest BCUT2D eigenvalue weighted by Gasteiger charge is -2.27. The molecule has 1 fully saturated rings. The quantitative estimate of drug-likeness (QED) is 0.828. The summed E-state index contributed by atoms with van der Waals surface area (Å²) in [5.41, 5.74) is 1.65. The number of carbonyl (C=O) groups is 2. The van der Waals surface area contributed by atoms with Crippen molar-refractivity contribution in [3.63, 3.8) is 0 Å². The molecule has 1 saturated heterocycles. The van der Waals surface area contributed by atoms with E-state index >= 15 is 0 Å². The van der Waals surface area contributed by atoms with Crippen LogP contribution in [-0.4, -0.2) is 45.8 Å². The van der Waals surface area contributed by atoms with E-state index < -0.39 is 0 Å². The van der Waals surface area contributed by atoms with Gasteiger partial charge < -0.3 is 9.64 Å². The molecule has 0 bridgehead atoms. The molecular formula is C18H18N4O3S2. The summed E-state index contributed by atoms with van der Waals surface area (Å²) in [5.74, 6) is -0.0630. The van der Waals surface area contributed by atoms with Gasteiger partial charge in [-0.3, -0.25) is 14.9 Å². The van der Waals surface area contributed by atoms with E-state index in [9.17, 15) is 9.59 Å². The smallest absolute Gasteiger partial charge is 0.246 e. The zero-order valence-corrected chi connectivity index (χ0v) is 16.1. The second-order valence-electron chi connectivity index (χ2n) is 6.16. The number of carbonyl (C=O) groups excluding carboxylic acids is 2. The maximum absolute atomic E-state index is 12.5. The van der Waals surface area contributed by atoms with E-state index in [-0.39, 0.29) is 24.5 Å². The molecule has 0 spiro atoms. The minimum absolute atomic E-state index is 0.0264. The third-order valence-electron chi connectivity index (χ3n) is 4.26. The lowest BCUT2D eigenvalue weighted by atomic mass is 10.1. The Bertz CT molecular complexity index is 863. The first-order chi connectivity index (χ1) is 13.2. The van der Waals surface area contributed by atoms with E-state index in [1.54, 1.807) is 0 Å². The molecule has 9 heteroatoms. The monoisotopic (exact) mass is 402 g/mol. The first kappa shape index (κ1) is 18.1. The summed E-state index contributed by atoms with van der Waals surface area (Å²) < 4.78 is 5.59. The summed E-state index contributed by atoms with van der Waals surface area (Å²) in [6, 6.07) is 9.58. The fraction of sp³-hybridized carbons (Fsp3) is 0.333. The Morgan fingerprint density at radius 3 is 2.93 bits per heavy atom. The van der Waals surface area contributed by atoms with Crippen molar-refractivity contribution in [1.82, 2.24) is 15.1 Å². The zero-order chi connectivity index (χ0) is 18.6. The first-order valence-electron chi connectivity index (χ1n) is 8.63. The van der Waals surface area contributed by atoms with Gasteiger partial charge in [0.05, 0.1) is 11.4 Å². The van der Waals surface area contributed by atoms with Crippen LogP contribution in [0.1, 0.15) is 29.5 Å². The Morgan fingerprint density at radius 2 is 2.15 bits per heavy atom. The predicted octanol–water partition coefficient (Wildman–Crippen LogP) is 2.90. The van der Waals surface area contributed by atoms with Gasteiger partial charge in [0.2, 0.25) is 16.9 Å². The largest absolute Gasteiger partial charge is 0.371 e. The third-order valence-corrected chi connectivity index (χ3v) is 5.99. The maximum atomic E-state index is 12.5. The highest BCUT2D eigenvalue weighted by Gasteiger charge is 2.26. The lowest BCUT2D eigenvalue weighted by molar-refractivity contribution is -0.129. The topological polar surface area (TPSA) is 84.4 Å². The number of hydrogen-bond donors (Lipinski definition) is 1. The molecule has 2 aliphatic heterocycles. The minimum atomic E-state index is -0.299. The average molecular weight is 403 g/mol. The molecule has 1 aromatic carbocycles. The van der Waals surface area contributed by atoms with Crippen LogP contribution in [0.15, 0.2) is 35.7 Å². The van der Waals surface area contributed by atoms with Gasteiger partial charge in [-0.2, -0.15) is 0 Å². The summed E-state index contributed by atoms with van der Waals surface area (Å²) in [6.07, 6.45) is 1.91. The molecule has 2 aromatic rings. The van der Waals surface area contributed by atoms with Crippen LogP contribution in [0.4, 0.5) is 5.13 Å². The van der Waals surface area contributed by atoms with Crippen LogP contribution < -0.4 is 5.32 Å². The fourth-order valence-electron chi connectivity index (χ4n) is 2.96. The SMILES string of the molecule is O=C(CN1C(=O)CSC=C1c1ccccc1)Nc1nnc(C2CCCO2)s1. The van der Waals surface area contributed by atoms with Gasteiger partial charge in [-0.1, -0.05) is 41.7 Å². The maximum Gasteiger partial charge on any atom is 0.246 e. The molecule has 0 radical (unpaired) electrons. The standard InChI is InChI=1S/C18H18N4O3S2/c23-15(19-18-21-20-17(27-18)14-7-4-8-25-14)9-22-13(10-26-11-16(22)24)12-5-2-1-3-6-12/h1-3,5-6,10,14H,4,7-9,11H2,(H,19,21,23). The highest BCUT2D eigenvalue weighted by atomic mass is 32.2. The van der Waals surface area contributed by atoms with Crippen molar-refractivity contribution in [2.45, 2.75) is 18.9 Å². The van der Waals surface area contributed by atoms with E-state index in [2.05, 4.69) is 15.5 Å². The molecule has 3 heterocycles. The van der Waals surface area contributed by atoms with Gasteiger partial charge in [0.1, 0.15) is 17.7 Å². The average Bonchev–Trinajstić information content (AvgIpc) is 3.36. The highest BCUT2D eigenvalue weighted by molar-refractivity contribution is 8.03. The lowest BCUT2D eigenvalue weighted by Crippen LogP contribution is -2.39. The summed E-state index contributed by atoms with van der Waals surface area (Å²) in [5, 5.41) is 14.0. The van der Waals surface area contributed by atoms with Gasteiger partial charge in [0, 0.05) is 6.61 Å². The molecule has 140 valence electrons. The van der Waals surface area contributed by atoms with Gasteiger partial charge in [-0.15, -0.1) is 22.0 Å². The van der Waals surface area contributed by atoms with Crippen LogP contribution in [0.5, 0.6) is 0 Å². The van der Waals surface area contributed by atoms with Crippen LogP contribution >= 0.6 is 23.1 Å². The molecule has 0 aliphatic carbocycles. The number of nitrogens with one attached hydrogen (secondary N) is 1. The van der Waals surface area contributed by atoms with Crippen LogP contribution in [0, 0.1) is 0 Å². The number of ether oxygens (including phenoxy) is 1. The number of rotatable bonds is 5. The summed E-state index contributed by atoms with van der Waals surface area (Å²) in [4.78, 5) is 26.4. The number of anilines is 1. The molecule has 2 amide bonds. The Hall–Kier alpha value is -2.23. The van der Waals surface area contributed by atoms with Gasteiger partial charge >= 0.3 is 0 Å². The predicted molar refractivity (Wildman–Crippen MR) is 105 cm³/mol. The molecular weight excluding hydrogens is 384 g/mol. The Labute approximate surface area is 164 Å². The van der Waals surface area contributed by atoms with Crippen molar-refractivity contribution in [2.24, 2.45) is 0 Å². The molecule has 1 unspecified atom stereocenters. The second-order valence-corrected chi connectivity index (χ2v) is 8.02.